The molecule has 1 heterocycles. The minimum atomic E-state index is 0.198. The highest BCUT2D eigenvalue weighted by molar-refractivity contribution is 5.00. The molecule has 2 atom stereocenters. The average Bonchev–Trinajstić information content (AvgIpc) is 2.99. The molecule has 0 aromatic heterocycles. The van der Waals surface area contributed by atoms with Gasteiger partial charge in [-0.1, -0.05) is 39.0 Å². The van der Waals surface area contributed by atoms with Crippen molar-refractivity contribution in [3.63, 3.8) is 0 Å². The van der Waals surface area contributed by atoms with E-state index in [9.17, 15) is 0 Å². The van der Waals surface area contributed by atoms with E-state index in [4.69, 9.17) is 10.6 Å². The molecule has 0 radical (unpaired) electrons. The van der Waals surface area contributed by atoms with Crippen molar-refractivity contribution in [2.75, 3.05) is 6.61 Å². The number of hydrazine groups is 1. The number of nitrogens with one attached hydrogen (secondary N) is 1. The van der Waals surface area contributed by atoms with E-state index in [0.29, 0.717) is 17.4 Å². The van der Waals surface area contributed by atoms with Gasteiger partial charge in [-0.15, -0.1) is 0 Å². The van der Waals surface area contributed by atoms with Gasteiger partial charge in [0.1, 0.15) is 0 Å². The Labute approximate surface area is 130 Å². The molecule has 0 aromatic carbocycles. The van der Waals surface area contributed by atoms with Gasteiger partial charge in [0.2, 0.25) is 0 Å². The molecule has 21 heavy (non-hydrogen) atoms. The van der Waals surface area contributed by atoms with Gasteiger partial charge in [0.25, 0.3) is 0 Å². The predicted octanol–water partition coefficient (Wildman–Crippen LogP) is 3.92. The number of hydrogen-bond acceptors (Lipinski definition) is 3. The first-order valence-electron chi connectivity index (χ1n) is 9.34. The van der Waals surface area contributed by atoms with Crippen LogP contribution < -0.4 is 11.3 Å². The van der Waals surface area contributed by atoms with Crippen LogP contribution in [0.4, 0.5) is 0 Å². The highest BCUT2D eigenvalue weighted by atomic mass is 16.5. The third kappa shape index (κ3) is 3.02. The maximum absolute atomic E-state index is 6.29. The molecule has 0 aromatic rings. The standard InChI is InChI=1S/C18H34N2O/c1-2-17(9-6-7-10-17)16(20-19)15-8-13-21-18(14-15)11-4-3-5-12-18/h15-16,20H,2-14,19H2,1H3. The van der Waals surface area contributed by atoms with Gasteiger partial charge in [0, 0.05) is 12.6 Å². The fourth-order valence-corrected chi connectivity index (χ4v) is 5.67. The van der Waals surface area contributed by atoms with Gasteiger partial charge in [-0.3, -0.25) is 11.3 Å². The van der Waals surface area contributed by atoms with Crippen LogP contribution in [0.15, 0.2) is 0 Å². The van der Waals surface area contributed by atoms with Gasteiger partial charge in [0.15, 0.2) is 0 Å². The van der Waals surface area contributed by atoms with Crippen LogP contribution in [-0.4, -0.2) is 18.2 Å². The van der Waals surface area contributed by atoms with Crippen molar-refractivity contribution in [3.8, 4) is 0 Å². The second-order valence-electron chi connectivity index (χ2n) is 7.91. The molecule has 0 bridgehead atoms. The summed E-state index contributed by atoms with van der Waals surface area (Å²) in [5.41, 5.74) is 3.92. The van der Waals surface area contributed by atoms with Gasteiger partial charge in [0.05, 0.1) is 5.60 Å². The number of ether oxygens (including phenoxy) is 1. The van der Waals surface area contributed by atoms with Crippen LogP contribution in [0.1, 0.15) is 84.0 Å². The summed E-state index contributed by atoms with van der Waals surface area (Å²) >= 11 is 0. The fourth-order valence-electron chi connectivity index (χ4n) is 5.67. The molecular formula is C18H34N2O. The molecule has 3 rings (SSSR count). The summed E-state index contributed by atoms with van der Waals surface area (Å²) < 4.78 is 6.29. The van der Waals surface area contributed by atoms with Crippen molar-refractivity contribution in [2.24, 2.45) is 17.2 Å². The first-order valence-corrected chi connectivity index (χ1v) is 9.34. The molecule has 3 N–H and O–H groups in total. The molecule has 1 saturated heterocycles. The Kier molecular flexibility index (Phi) is 4.92. The summed E-state index contributed by atoms with van der Waals surface area (Å²) in [5.74, 6) is 6.78. The van der Waals surface area contributed by atoms with Crippen LogP contribution in [0.3, 0.4) is 0 Å². The van der Waals surface area contributed by atoms with E-state index in [1.165, 1.54) is 77.0 Å². The average molecular weight is 294 g/mol. The van der Waals surface area contributed by atoms with E-state index >= 15 is 0 Å². The minimum absolute atomic E-state index is 0.198. The van der Waals surface area contributed by atoms with Gasteiger partial charge in [-0.25, -0.2) is 0 Å². The van der Waals surface area contributed by atoms with E-state index < -0.39 is 0 Å². The summed E-state index contributed by atoms with van der Waals surface area (Å²) in [6.45, 7) is 3.31. The SMILES string of the molecule is CCC1(C(NN)C2CCOC3(CCCCC3)C2)CCCC1. The molecule has 3 fully saturated rings. The second kappa shape index (κ2) is 6.55. The first kappa shape index (κ1) is 15.8. The van der Waals surface area contributed by atoms with Crippen LogP contribution in [0, 0.1) is 11.3 Å². The Balaban J connectivity index is 1.74. The van der Waals surface area contributed by atoms with E-state index in [2.05, 4.69) is 12.3 Å². The molecule has 2 aliphatic carbocycles. The predicted molar refractivity (Wildman–Crippen MR) is 86.8 cm³/mol. The molecule has 122 valence electrons. The highest BCUT2D eigenvalue weighted by Crippen LogP contribution is 2.50. The Morgan fingerprint density at radius 2 is 1.76 bits per heavy atom. The molecule has 2 unspecified atom stereocenters. The maximum atomic E-state index is 6.29. The molecular weight excluding hydrogens is 260 g/mol. The second-order valence-corrected chi connectivity index (χ2v) is 7.91. The smallest absolute Gasteiger partial charge is 0.0685 e. The van der Waals surface area contributed by atoms with E-state index in [1.807, 2.05) is 0 Å². The monoisotopic (exact) mass is 294 g/mol. The maximum Gasteiger partial charge on any atom is 0.0685 e. The normalized spacial score (nSPS) is 33.1. The third-order valence-corrected chi connectivity index (χ3v) is 6.91. The topological polar surface area (TPSA) is 47.3 Å². The molecule has 3 heteroatoms. The summed E-state index contributed by atoms with van der Waals surface area (Å²) in [5, 5.41) is 0. The fraction of sp³-hybridized carbons (Fsp3) is 1.00. The van der Waals surface area contributed by atoms with Crippen LogP contribution in [0.2, 0.25) is 0 Å². The molecule has 2 saturated carbocycles. The summed E-state index contributed by atoms with van der Waals surface area (Å²) in [6.07, 6.45) is 15.9. The lowest BCUT2D eigenvalue weighted by Gasteiger charge is -2.49. The zero-order chi connectivity index (χ0) is 14.8. The Bertz CT molecular complexity index is 327. The van der Waals surface area contributed by atoms with Crippen molar-refractivity contribution in [1.82, 2.24) is 5.43 Å². The number of nitrogens with two attached hydrogens (primary N) is 1. The van der Waals surface area contributed by atoms with Crippen LogP contribution in [0.5, 0.6) is 0 Å². The lowest BCUT2D eigenvalue weighted by Crippen LogP contribution is -2.55. The zero-order valence-corrected chi connectivity index (χ0v) is 13.8. The van der Waals surface area contributed by atoms with Gasteiger partial charge >= 0.3 is 0 Å². The van der Waals surface area contributed by atoms with Crippen molar-refractivity contribution >= 4 is 0 Å². The van der Waals surface area contributed by atoms with Crippen molar-refractivity contribution in [3.05, 3.63) is 0 Å². The van der Waals surface area contributed by atoms with Crippen molar-refractivity contribution in [1.29, 1.82) is 0 Å². The van der Waals surface area contributed by atoms with Gasteiger partial charge in [-0.2, -0.15) is 0 Å². The van der Waals surface area contributed by atoms with Crippen LogP contribution in [0.25, 0.3) is 0 Å². The zero-order valence-electron chi connectivity index (χ0n) is 13.8. The van der Waals surface area contributed by atoms with Crippen molar-refractivity contribution in [2.45, 2.75) is 95.6 Å². The first-order chi connectivity index (χ1) is 10.2. The molecule has 3 nitrogen and oxygen atoms in total. The van der Waals surface area contributed by atoms with Gasteiger partial charge in [-0.05, 0) is 56.3 Å². The molecule has 1 spiro atoms. The summed E-state index contributed by atoms with van der Waals surface area (Å²) in [4.78, 5) is 0. The third-order valence-electron chi connectivity index (χ3n) is 6.91. The highest BCUT2D eigenvalue weighted by Gasteiger charge is 2.47. The Morgan fingerprint density at radius 1 is 1.10 bits per heavy atom. The lowest BCUT2D eigenvalue weighted by atomic mass is 9.66. The summed E-state index contributed by atoms with van der Waals surface area (Å²) in [7, 11) is 0. The quantitative estimate of drug-likeness (QED) is 0.610. The minimum Gasteiger partial charge on any atom is -0.375 e. The van der Waals surface area contributed by atoms with Crippen molar-refractivity contribution < 1.29 is 4.74 Å². The molecule has 0 amide bonds. The lowest BCUT2D eigenvalue weighted by molar-refractivity contribution is -0.128. The number of rotatable bonds is 4. The van der Waals surface area contributed by atoms with Crippen LogP contribution in [-0.2, 0) is 4.74 Å². The van der Waals surface area contributed by atoms with Crippen LogP contribution >= 0.6 is 0 Å². The molecule has 1 aliphatic heterocycles. The molecule has 3 aliphatic rings. The van der Waals surface area contributed by atoms with E-state index in [0.717, 1.165) is 6.61 Å². The largest absolute Gasteiger partial charge is 0.375 e. The Morgan fingerprint density at radius 3 is 2.38 bits per heavy atom. The Hall–Kier alpha value is -0.120. The summed E-state index contributed by atoms with van der Waals surface area (Å²) in [6, 6.07) is 0.493. The van der Waals surface area contributed by atoms with E-state index in [1.54, 1.807) is 0 Å². The van der Waals surface area contributed by atoms with E-state index in [-0.39, 0.29) is 5.60 Å². The number of hydrogen-bond donors (Lipinski definition) is 2. The van der Waals surface area contributed by atoms with Gasteiger partial charge < -0.3 is 4.74 Å².